The van der Waals surface area contributed by atoms with Crippen LogP contribution in [0.3, 0.4) is 0 Å². The van der Waals surface area contributed by atoms with Gasteiger partial charge in [0.05, 0.1) is 17.6 Å². The molecule has 0 fully saturated rings. The summed E-state index contributed by atoms with van der Waals surface area (Å²) in [7, 11) is -7.76. The van der Waals surface area contributed by atoms with E-state index in [0.717, 1.165) is 0 Å². The van der Waals surface area contributed by atoms with E-state index in [1.54, 1.807) is 6.92 Å². The first-order chi connectivity index (χ1) is 9.66. The van der Waals surface area contributed by atoms with Crippen LogP contribution >= 0.6 is 0 Å². The highest BCUT2D eigenvalue weighted by molar-refractivity contribution is 7.92. The number of imidazole rings is 1. The van der Waals surface area contributed by atoms with Crippen LogP contribution in [0.1, 0.15) is 5.82 Å². The third kappa shape index (κ3) is 4.18. The molecule has 1 aromatic heterocycles. The van der Waals surface area contributed by atoms with Crippen molar-refractivity contribution < 1.29 is 16.8 Å². The predicted octanol–water partition coefficient (Wildman–Crippen LogP) is 0.134. The van der Waals surface area contributed by atoms with E-state index in [1.807, 2.05) is 4.72 Å². The lowest BCUT2D eigenvalue weighted by molar-refractivity contribution is 0.597. The Labute approximate surface area is 121 Å². The van der Waals surface area contributed by atoms with Crippen LogP contribution in [0.4, 0.5) is 11.4 Å². The second kappa shape index (κ2) is 5.35. The summed E-state index contributed by atoms with van der Waals surface area (Å²) in [6.45, 7) is 1.62. The average molecular weight is 331 g/mol. The summed E-state index contributed by atoms with van der Waals surface area (Å²) in [4.78, 5) is 6.40. The highest BCUT2D eigenvalue weighted by Crippen LogP contribution is 2.19. The number of aryl methyl sites for hydroxylation is 1. The molecule has 0 amide bonds. The van der Waals surface area contributed by atoms with Gasteiger partial charge < -0.3 is 4.98 Å². The summed E-state index contributed by atoms with van der Waals surface area (Å²) in [6, 6.07) is 5.67. The monoisotopic (exact) mass is 331 g/mol. The summed E-state index contributed by atoms with van der Waals surface area (Å²) in [6.07, 6.45) is 1.18. The number of sulfonamides is 1. The maximum atomic E-state index is 12.1. The molecule has 1 heterocycles. The Morgan fingerprint density at radius 1 is 1.14 bits per heavy atom. The molecule has 0 aliphatic carbocycles. The van der Waals surface area contributed by atoms with E-state index in [0.29, 0.717) is 5.82 Å². The highest BCUT2D eigenvalue weighted by atomic mass is 32.2. The molecule has 0 saturated heterocycles. The molecule has 9 nitrogen and oxygen atoms in total. The van der Waals surface area contributed by atoms with E-state index < -0.39 is 20.2 Å². The topological polar surface area (TPSA) is 147 Å². The summed E-state index contributed by atoms with van der Waals surface area (Å²) in [5.74, 6) is 0.458. The van der Waals surface area contributed by atoms with Gasteiger partial charge in [0.15, 0.2) is 5.03 Å². The van der Waals surface area contributed by atoms with Gasteiger partial charge in [-0.3, -0.25) is 9.44 Å². The van der Waals surface area contributed by atoms with E-state index >= 15 is 0 Å². The zero-order valence-electron chi connectivity index (χ0n) is 10.9. The Morgan fingerprint density at radius 3 is 2.29 bits per heavy atom. The Balaban J connectivity index is 2.26. The van der Waals surface area contributed by atoms with Gasteiger partial charge in [0.25, 0.3) is 20.2 Å². The normalized spacial score (nSPS) is 12.1. The lowest BCUT2D eigenvalue weighted by atomic mass is 10.3. The molecule has 11 heteroatoms. The van der Waals surface area contributed by atoms with E-state index in [2.05, 4.69) is 14.7 Å². The zero-order chi connectivity index (χ0) is 15.7. The molecule has 0 atom stereocenters. The maximum absolute atomic E-state index is 12.1. The van der Waals surface area contributed by atoms with Crippen molar-refractivity contribution >= 4 is 31.6 Å². The summed E-state index contributed by atoms with van der Waals surface area (Å²) in [5, 5.41) is 4.76. The van der Waals surface area contributed by atoms with Gasteiger partial charge in [-0.2, -0.15) is 16.8 Å². The highest BCUT2D eigenvalue weighted by Gasteiger charge is 2.16. The van der Waals surface area contributed by atoms with E-state index in [4.69, 9.17) is 5.14 Å². The third-order valence-electron chi connectivity index (χ3n) is 2.34. The number of hydrogen-bond acceptors (Lipinski definition) is 5. The molecule has 21 heavy (non-hydrogen) atoms. The minimum absolute atomic E-state index is 0.0928. The molecule has 0 bridgehead atoms. The number of nitrogens with two attached hydrogens (primary N) is 1. The smallest absolute Gasteiger partial charge is 0.296 e. The van der Waals surface area contributed by atoms with Gasteiger partial charge in [0.1, 0.15) is 5.82 Å². The Kier molecular flexibility index (Phi) is 3.89. The number of hydrogen-bond donors (Lipinski definition) is 4. The van der Waals surface area contributed by atoms with Crippen molar-refractivity contribution in [2.24, 2.45) is 5.14 Å². The molecule has 0 spiro atoms. The maximum Gasteiger partial charge on any atom is 0.296 e. The minimum Gasteiger partial charge on any atom is -0.332 e. The van der Waals surface area contributed by atoms with E-state index in [1.165, 1.54) is 30.5 Å². The van der Waals surface area contributed by atoms with Gasteiger partial charge in [0, 0.05) is 0 Å². The van der Waals surface area contributed by atoms with Gasteiger partial charge in [0.2, 0.25) is 0 Å². The zero-order valence-corrected chi connectivity index (χ0v) is 12.5. The van der Waals surface area contributed by atoms with E-state index in [9.17, 15) is 16.8 Å². The summed E-state index contributed by atoms with van der Waals surface area (Å²) in [5.41, 5.74) is 0.314. The lowest BCUT2D eigenvalue weighted by Crippen LogP contribution is -2.21. The van der Waals surface area contributed by atoms with Crippen LogP contribution in [-0.4, -0.2) is 26.8 Å². The third-order valence-corrected chi connectivity index (χ3v) is 4.16. The van der Waals surface area contributed by atoms with Gasteiger partial charge in [-0.25, -0.2) is 10.1 Å². The number of anilines is 2. The van der Waals surface area contributed by atoms with Crippen LogP contribution in [0.5, 0.6) is 0 Å². The fraction of sp³-hybridized carbons (Fsp3) is 0.100. The van der Waals surface area contributed by atoms with Crippen molar-refractivity contribution in [3.63, 3.8) is 0 Å². The molecular formula is C10H13N5O4S2. The molecular weight excluding hydrogens is 318 g/mol. The number of H-pyrrole nitrogens is 1. The summed E-state index contributed by atoms with van der Waals surface area (Å²) >= 11 is 0. The number of benzene rings is 1. The van der Waals surface area contributed by atoms with Crippen molar-refractivity contribution in [1.82, 2.24) is 9.97 Å². The quantitative estimate of drug-likeness (QED) is 0.615. The van der Waals surface area contributed by atoms with Crippen LogP contribution in [0.25, 0.3) is 0 Å². The van der Waals surface area contributed by atoms with Crippen LogP contribution in [0.2, 0.25) is 0 Å². The Hall–Kier alpha value is -2.11. The lowest BCUT2D eigenvalue weighted by Gasteiger charge is -2.08. The predicted molar refractivity (Wildman–Crippen MR) is 77.3 cm³/mol. The van der Waals surface area contributed by atoms with Gasteiger partial charge in [-0.05, 0) is 25.1 Å². The fourth-order valence-corrected chi connectivity index (χ4v) is 3.03. The number of nitrogens with zero attached hydrogens (tertiary/aromatic N) is 1. The molecule has 0 aliphatic heterocycles. The molecule has 0 unspecified atom stereocenters. The molecule has 2 aromatic rings. The van der Waals surface area contributed by atoms with Gasteiger partial charge in [-0.15, -0.1) is 0 Å². The number of aromatic amines is 1. The van der Waals surface area contributed by atoms with Crippen molar-refractivity contribution in [3.05, 3.63) is 36.3 Å². The first kappa shape index (κ1) is 15.3. The SMILES string of the molecule is Cc1ncc(S(=O)(=O)Nc2cccc(NS(N)(=O)=O)c2)[nH]1. The molecule has 2 rings (SSSR count). The second-order valence-electron chi connectivity index (χ2n) is 4.17. The van der Waals surface area contributed by atoms with Crippen molar-refractivity contribution in [1.29, 1.82) is 0 Å². The van der Waals surface area contributed by atoms with Crippen LogP contribution in [0.15, 0.2) is 35.5 Å². The van der Waals surface area contributed by atoms with Crippen LogP contribution in [-0.2, 0) is 20.2 Å². The second-order valence-corrected chi connectivity index (χ2v) is 7.11. The molecule has 1 aromatic carbocycles. The minimum atomic E-state index is -3.93. The average Bonchev–Trinajstić information content (AvgIpc) is 2.74. The van der Waals surface area contributed by atoms with Gasteiger partial charge in [-0.1, -0.05) is 6.07 Å². The van der Waals surface area contributed by atoms with Crippen LogP contribution < -0.4 is 14.6 Å². The van der Waals surface area contributed by atoms with Gasteiger partial charge >= 0.3 is 0 Å². The van der Waals surface area contributed by atoms with Crippen molar-refractivity contribution in [2.75, 3.05) is 9.44 Å². The largest absolute Gasteiger partial charge is 0.332 e. The Morgan fingerprint density at radius 2 is 1.76 bits per heavy atom. The Bertz CT molecular complexity index is 857. The number of rotatable bonds is 5. The molecule has 5 N–H and O–H groups in total. The number of nitrogens with one attached hydrogen (secondary N) is 3. The first-order valence-electron chi connectivity index (χ1n) is 5.61. The molecule has 114 valence electrons. The first-order valence-corrected chi connectivity index (χ1v) is 8.64. The van der Waals surface area contributed by atoms with Crippen molar-refractivity contribution in [3.8, 4) is 0 Å². The van der Waals surface area contributed by atoms with E-state index in [-0.39, 0.29) is 16.4 Å². The molecule has 0 radical (unpaired) electrons. The fourth-order valence-electron chi connectivity index (χ4n) is 1.56. The molecule has 0 saturated carbocycles. The summed E-state index contributed by atoms with van der Waals surface area (Å²) < 4.78 is 50.3. The standard InChI is InChI=1S/C10H13N5O4S2/c1-7-12-6-10(13-7)20(16,17)14-8-3-2-4-9(5-8)15-21(11,18)19/h2-6,14-15H,1H3,(H,12,13)(H2,11,18,19). The van der Waals surface area contributed by atoms with Crippen molar-refractivity contribution in [2.45, 2.75) is 11.9 Å². The molecule has 0 aliphatic rings. The van der Waals surface area contributed by atoms with Crippen LogP contribution in [0, 0.1) is 6.92 Å². The number of aromatic nitrogens is 2.